The van der Waals surface area contributed by atoms with Crippen molar-refractivity contribution in [1.29, 1.82) is 0 Å². The third-order valence-corrected chi connectivity index (χ3v) is 1.68. The molecule has 0 saturated heterocycles. The van der Waals surface area contributed by atoms with Crippen LogP contribution in [0.3, 0.4) is 0 Å². The predicted molar refractivity (Wildman–Crippen MR) is 50.3 cm³/mol. The van der Waals surface area contributed by atoms with Gasteiger partial charge in [-0.25, -0.2) is 4.98 Å². The van der Waals surface area contributed by atoms with Crippen LogP contribution in [0.2, 0.25) is 0 Å². The summed E-state index contributed by atoms with van der Waals surface area (Å²) in [6.07, 6.45) is 3.74. The molecule has 3 nitrogen and oxygen atoms in total. The van der Waals surface area contributed by atoms with Gasteiger partial charge < -0.3 is 10.1 Å². The zero-order valence-corrected chi connectivity index (χ0v) is 7.29. The van der Waals surface area contributed by atoms with Gasteiger partial charge in [-0.3, -0.25) is 0 Å². The maximum Gasteiger partial charge on any atom is 0.0994 e. The highest BCUT2D eigenvalue weighted by Crippen LogP contribution is 2.04. The second-order valence-corrected chi connectivity index (χ2v) is 2.42. The van der Waals surface area contributed by atoms with Gasteiger partial charge in [0.1, 0.15) is 0 Å². The number of aromatic nitrogens is 2. The van der Waals surface area contributed by atoms with Crippen LogP contribution in [0.5, 0.6) is 0 Å². The molecule has 0 spiro atoms. The summed E-state index contributed by atoms with van der Waals surface area (Å²) in [5, 5.41) is 0. The van der Waals surface area contributed by atoms with E-state index in [9.17, 15) is 0 Å². The standard InChI is InChI=1S/C8H9N3.ClH/c9-5-7-4-8-2-1-3-11(8)6-10-7;/h1-4,6H,5,9H2;1H. The summed E-state index contributed by atoms with van der Waals surface area (Å²) in [7, 11) is 0. The predicted octanol–water partition coefficient (Wildman–Crippen LogP) is 1.21. The number of rotatable bonds is 1. The van der Waals surface area contributed by atoms with E-state index < -0.39 is 0 Å². The number of hydrogen-bond donors (Lipinski definition) is 1. The molecule has 0 radical (unpaired) electrons. The Bertz CT molecular complexity index is 369. The Morgan fingerprint density at radius 3 is 3.08 bits per heavy atom. The van der Waals surface area contributed by atoms with Gasteiger partial charge >= 0.3 is 0 Å². The maximum atomic E-state index is 5.44. The average molecular weight is 184 g/mol. The van der Waals surface area contributed by atoms with Gasteiger partial charge in [-0.15, -0.1) is 12.4 Å². The lowest BCUT2D eigenvalue weighted by molar-refractivity contribution is 0.953. The number of nitrogens with zero attached hydrogens (tertiary/aromatic N) is 2. The molecule has 0 amide bonds. The molecule has 0 aliphatic heterocycles. The van der Waals surface area contributed by atoms with Crippen LogP contribution in [0.15, 0.2) is 30.7 Å². The van der Waals surface area contributed by atoms with E-state index in [4.69, 9.17) is 5.73 Å². The fraction of sp³-hybridized carbons (Fsp3) is 0.125. The quantitative estimate of drug-likeness (QED) is 0.723. The molecular weight excluding hydrogens is 174 g/mol. The molecular formula is C8H10ClN3. The molecule has 0 saturated carbocycles. The molecule has 2 heterocycles. The molecule has 0 bridgehead atoms. The molecule has 2 aromatic heterocycles. The van der Waals surface area contributed by atoms with E-state index in [2.05, 4.69) is 4.98 Å². The first-order valence-corrected chi connectivity index (χ1v) is 3.52. The summed E-state index contributed by atoms with van der Waals surface area (Å²) in [5.74, 6) is 0. The van der Waals surface area contributed by atoms with Crippen molar-refractivity contribution in [2.24, 2.45) is 5.73 Å². The van der Waals surface area contributed by atoms with Crippen molar-refractivity contribution in [2.75, 3.05) is 0 Å². The summed E-state index contributed by atoms with van der Waals surface area (Å²) in [5.41, 5.74) is 7.50. The van der Waals surface area contributed by atoms with E-state index in [1.165, 1.54) is 0 Å². The fourth-order valence-electron chi connectivity index (χ4n) is 1.09. The largest absolute Gasteiger partial charge is 0.325 e. The molecule has 2 N–H and O–H groups in total. The van der Waals surface area contributed by atoms with Crippen molar-refractivity contribution in [3.63, 3.8) is 0 Å². The minimum absolute atomic E-state index is 0. The molecule has 0 aliphatic carbocycles. The summed E-state index contributed by atoms with van der Waals surface area (Å²) in [6, 6.07) is 6.00. The van der Waals surface area contributed by atoms with E-state index >= 15 is 0 Å². The van der Waals surface area contributed by atoms with Gasteiger partial charge in [-0.2, -0.15) is 0 Å². The molecule has 0 aromatic carbocycles. The fourth-order valence-corrected chi connectivity index (χ4v) is 1.09. The third-order valence-electron chi connectivity index (χ3n) is 1.68. The molecule has 12 heavy (non-hydrogen) atoms. The Labute approximate surface area is 76.6 Å². The lowest BCUT2D eigenvalue weighted by atomic mass is 10.3. The molecule has 0 aliphatic rings. The van der Waals surface area contributed by atoms with Gasteiger partial charge in [-0.05, 0) is 18.2 Å². The van der Waals surface area contributed by atoms with Crippen LogP contribution in [0.25, 0.3) is 5.52 Å². The molecule has 64 valence electrons. The van der Waals surface area contributed by atoms with Crippen LogP contribution in [0.1, 0.15) is 5.69 Å². The monoisotopic (exact) mass is 183 g/mol. The van der Waals surface area contributed by atoms with Gasteiger partial charge in [-0.1, -0.05) is 0 Å². The van der Waals surface area contributed by atoms with Gasteiger partial charge in [0, 0.05) is 18.3 Å². The first-order valence-electron chi connectivity index (χ1n) is 3.52. The summed E-state index contributed by atoms with van der Waals surface area (Å²) in [6.45, 7) is 0.502. The number of halogens is 1. The molecule has 2 aromatic rings. The van der Waals surface area contributed by atoms with E-state index in [1.54, 1.807) is 6.33 Å². The summed E-state index contributed by atoms with van der Waals surface area (Å²) < 4.78 is 1.96. The van der Waals surface area contributed by atoms with Crippen molar-refractivity contribution in [2.45, 2.75) is 6.54 Å². The lowest BCUT2D eigenvalue weighted by Crippen LogP contribution is -2.00. The minimum atomic E-state index is 0. The Balaban J connectivity index is 0.000000720. The van der Waals surface area contributed by atoms with Crippen LogP contribution in [-0.4, -0.2) is 9.38 Å². The molecule has 2 rings (SSSR count). The summed E-state index contributed by atoms with van der Waals surface area (Å²) in [4.78, 5) is 4.14. The van der Waals surface area contributed by atoms with Crippen molar-refractivity contribution < 1.29 is 0 Å². The van der Waals surface area contributed by atoms with E-state index in [0.29, 0.717) is 6.54 Å². The lowest BCUT2D eigenvalue weighted by Gasteiger charge is -1.96. The molecule has 0 fully saturated rings. The number of hydrogen-bond acceptors (Lipinski definition) is 2. The highest BCUT2D eigenvalue weighted by molar-refractivity contribution is 5.85. The normalized spacial score (nSPS) is 9.75. The number of nitrogens with two attached hydrogens (primary N) is 1. The van der Waals surface area contributed by atoms with Gasteiger partial charge in [0.05, 0.1) is 12.0 Å². The van der Waals surface area contributed by atoms with E-state index in [1.807, 2.05) is 28.8 Å². The Morgan fingerprint density at radius 2 is 2.33 bits per heavy atom. The van der Waals surface area contributed by atoms with Crippen LogP contribution in [0.4, 0.5) is 0 Å². The molecule has 0 atom stereocenters. The molecule has 0 unspecified atom stereocenters. The van der Waals surface area contributed by atoms with Gasteiger partial charge in [0.15, 0.2) is 0 Å². The SMILES string of the molecule is Cl.NCc1cc2cccn2cn1. The van der Waals surface area contributed by atoms with Gasteiger partial charge in [0.2, 0.25) is 0 Å². The first-order chi connectivity index (χ1) is 5.40. The highest BCUT2D eigenvalue weighted by atomic mass is 35.5. The average Bonchev–Trinajstić information content (AvgIpc) is 2.50. The van der Waals surface area contributed by atoms with Crippen molar-refractivity contribution in [3.8, 4) is 0 Å². The first kappa shape index (κ1) is 9.03. The van der Waals surface area contributed by atoms with E-state index in [-0.39, 0.29) is 12.4 Å². The van der Waals surface area contributed by atoms with Crippen LogP contribution >= 0.6 is 12.4 Å². The minimum Gasteiger partial charge on any atom is -0.325 e. The summed E-state index contributed by atoms with van der Waals surface area (Å²) >= 11 is 0. The third kappa shape index (κ3) is 1.42. The topological polar surface area (TPSA) is 43.3 Å². The van der Waals surface area contributed by atoms with Crippen LogP contribution in [0, 0.1) is 0 Å². The Hall–Kier alpha value is -1.06. The zero-order chi connectivity index (χ0) is 7.68. The maximum absolute atomic E-state index is 5.44. The van der Waals surface area contributed by atoms with Gasteiger partial charge in [0.25, 0.3) is 0 Å². The smallest absolute Gasteiger partial charge is 0.0994 e. The van der Waals surface area contributed by atoms with Crippen LogP contribution in [-0.2, 0) is 6.54 Å². The van der Waals surface area contributed by atoms with Crippen LogP contribution < -0.4 is 5.73 Å². The Morgan fingerprint density at radius 1 is 1.50 bits per heavy atom. The number of fused-ring (bicyclic) bond motifs is 1. The second kappa shape index (κ2) is 3.56. The zero-order valence-electron chi connectivity index (χ0n) is 6.47. The van der Waals surface area contributed by atoms with Crippen molar-refractivity contribution in [3.05, 3.63) is 36.4 Å². The van der Waals surface area contributed by atoms with E-state index in [0.717, 1.165) is 11.2 Å². The Kier molecular flexibility index (Phi) is 2.68. The highest BCUT2D eigenvalue weighted by Gasteiger charge is 1.93. The van der Waals surface area contributed by atoms with Crippen molar-refractivity contribution in [1.82, 2.24) is 9.38 Å². The van der Waals surface area contributed by atoms with Crippen molar-refractivity contribution >= 4 is 17.9 Å². The second-order valence-electron chi connectivity index (χ2n) is 2.42. The molecule has 4 heteroatoms.